The molecule has 4 atom stereocenters. The fourth-order valence-corrected chi connectivity index (χ4v) is 5.45. The van der Waals surface area contributed by atoms with Crippen molar-refractivity contribution >= 4 is 5.78 Å². The van der Waals surface area contributed by atoms with E-state index in [-0.39, 0.29) is 41.8 Å². The van der Waals surface area contributed by atoms with Gasteiger partial charge in [0.1, 0.15) is 0 Å². The van der Waals surface area contributed by atoms with Crippen LogP contribution in [0.15, 0.2) is 24.0 Å². The van der Waals surface area contributed by atoms with Crippen LogP contribution < -0.4 is 0 Å². The molecule has 0 saturated carbocycles. The molecule has 2 aliphatic carbocycles. The first-order valence-electron chi connectivity index (χ1n) is 10.1. The van der Waals surface area contributed by atoms with E-state index in [1.807, 2.05) is 12.1 Å². The molecule has 28 heavy (non-hydrogen) atoms. The Morgan fingerprint density at radius 1 is 1.32 bits per heavy atom. The van der Waals surface area contributed by atoms with E-state index in [1.54, 1.807) is 0 Å². The maximum atomic E-state index is 12.8. The average Bonchev–Trinajstić information content (AvgIpc) is 2.68. The van der Waals surface area contributed by atoms with Crippen LogP contribution in [0.5, 0.6) is 11.5 Å². The Labute approximate surface area is 165 Å². The summed E-state index contributed by atoms with van der Waals surface area (Å²) in [6.45, 7) is 3.55. The molecule has 4 rings (SSSR count). The molecule has 1 fully saturated rings. The summed E-state index contributed by atoms with van der Waals surface area (Å²) in [7, 11) is 3.61. The molecule has 152 valence electrons. The number of phenolic OH excluding ortho intramolecular Hbond substituents is 2. The number of ketones is 1. The summed E-state index contributed by atoms with van der Waals surface area (Å²) in [4.78, 5) is 15.1. The topological polar surface area (TPSA) is 79.2 Å². The molecule has 0 radical (unpaired) electrons. The maximum absolute atomic E-state index is 12.8. The Balaban J connectivity index is 1.93. The van der Waals surface area contributed by atoms with E-state index in [0.717, 1.165) is 31.4 Å². The number of Topliss-reactive ketones (excluding diaryl/α,β-unsaturated/α-hetero) is 1. The van der Waals surface area contributed by atoms with Gasteiger partial charge in [0.15, 0.2) is 23.0 Å². The number of piperidine rings is 1. The van der Waals surface area contributed by atoms with Gasteiger partial charge in [0.25, 0.3) is 0 Å². The molecule has 1 unspecified atom stereocenters. The SMILES string of the molecule is CCCCO[C@@H]1c2ccc(O)c(O)c2[C@@]23CCN(C)[C@@H]1C2C=C(OC)C(=O)C3. The number of carbonyl (C=O) groups excluding carboxylic acids is 1. The summed E-state index contributed by atoms with van der Waals surface area (Å²) in [6.07, 6.45) is 4.69. The van der Waals surface area contributed by atoms with Crippen LogP contribution in [-0.2, 0) is 19.7 Å². The highest BCUT2D eigenvalue weighted by molar-refractivity contribution is 5.96. The largest absolute Gasteiger partial charge is 0.504 e. The number of carbonyl (C=O) groups is 1. The molecule has 2 N–H and O–H groups in total. The number of aromatic hydroxyl groups is 2. The second kappa shape index (κ2) is 7.08. The highest BCUT2D eigenvalue weighted by atomic mass is 16.5. The molecular weight excluding hydrogens is 358 g/mol. The van der Waals surface area contributed by atoms with Gasteiger partial charge < -0.3 is 19.7 Å². The minimum absolute atomic E-state index is 0.0364. The summed E-state index contributed by atoms with van der Waals surface area (Å²) in [5.41, 5.74) is 1.03. The number of rotatable bonds is 5. The summed E-state index contributed by atoms with van der Waals surface area (Å²) in [6, 6.07) is 3.42. The molecule has 1 aromatic carbocycles. The van der Waals surface area contributed by atoms with Gasteiger partial charge in [0, 0.05) is 36.0 Å². The van der Waals surface area contributed by atoms with Gasteiger partial charge in [0.05, 0.1) is 13.2 Å². The molecule has 0 amide bonds. The first-order valence-corrected chi connectivity index (χ1v) is 10.1. The number of unbranched alkanes of at least 4 members (excludes halogenated alkanes) is 1. The van der Waals surface area contributed by atoms with Crippen molar-refractivity contribution in [3.8, 4) is 11.5 Å². The fraction of sp³-hybridized carbons (Fsp3) is 0.591. The van der Waals surface area contributed by atoms with E-state index in [2.05, 4.69) is 18.9 Å². The molecule has 6 heteroatoms. The van der Waals surface area contributed by atoms with Crippen LogP contribution in [-0.4, -0.2) is 54.2 Å². The zero-order valence-electron chi connectivity index (χ0n) is 16.8. The van der Waals surface area contributed by atoms with E-state index in [1.165, 1.54) is 13.2 Å². The first-order chi connectivity index (χ1) is 13.4. The zero-order valence-corrected chi connectivity index (χ0v) is 16.8. The molecular formula is C22H29NO5. The van der Waals surface area contributed by atoms with Gasteiger partial charge in [-0.1, -0.05) is 19.4 Å². The van der Waals surface area contributed by atoms with Crippen molar-refractivity contribution in [3.05, 3.63) is 35.1 Å². The number of hydrogen-bond acceptors (Lipinski definition) is 6. The van der Waals surface area contributed by atoms with Crippen LogP contribution >= 0.6 is 0 Å². The summed E-state index contributed by atoms with van der Waals surface area (Å²) in [5, 5.41) is 21.1. The van der Waals surface area contributed by atoms with Crippen LogP contribution in [0.25, 0.3) is 0 Å². The smallest absolute Gasteiger partial charge is 0.197 e. The van der Waals surface area contributed by atoms with Gasteiger partial charge in [-0.05, 0) is 44.1 Å². The Hall–Kier alpha value is -2.05. The third-order valence-corrected chi connectivity index (χ3v) is 6.83. The van der Waals surface area contributed by atoms with Gasteiger partial charge >= 0.3 is 0 Å². The van der Waals surface area contributed by atoms with Gasteiger partial charge in [-0.3, -0.25) is 9.69 Å². The number of allylic oxidation sites excluding steroid dienone is 1. The molecule has 1 heterocycles. The number of likely N-dealkylation sites (tertiary alicyclic amines) is 1. The van der Waals surface area contributed by atoms with Crippen molar-refractivity contribution in [3.63, 3.8) is 0 Å². The van der Waals surface area contributed by atoms with Crippen LogP contribution in [0.1, 0.15) is 49.8 Å². The molecule has 3 aliphatic rings. The lowest BCUT2D eigenvalue weighted by Crippen LogP contribution is -2.62. The third-order valence-electron chi connectivity index (χ3n) is 6.83. The van der Waals surface area contributed by atoms with E-state index >= 15 is 0 Å². The molecule has 6 nitrogen and oxygen atoms in total. The van der Waals surface area contributed by atoms with Crippen molar-refractivity contribution in [2.24, 2.45) is 5.92 Å². The van der Waals surface area contributed by atoms with Gasteiger partial charge in [-0.2, -0.15) is 0 Å². The minimum Gasteiger partial charge on any atom is -0.504 e. The van der Waals surface area contributed by atoms with Crippen molar-refractivity contribution in [2.45, 2.75) is 50.2 Å². The standard InChI is InChI=1S/C22H29NO5/c1-4-5-10-28-21-13-6-7-15(24)20(26)18(13)22-8-9-23(2)19(21)14(22)11-17(27-3)16(25)12-22/h6-7,11,14,19,21,24,26H,4-5,8-10,12H2,1-3H3/t14?,19-,21-,22-/m1/s1. The zero-order chi connectivity index (χ0) is 20.1. The molecule has 0 aromatic heterocycles. The van der Waals surface area contributed by atoms with E-state index in [0.29, 0.717) is 17.9 Å². The van der Waals surface area contributed by atoms with E-state index < -0.39 is 5.41 Å². The van der Waals surface area contributed by atoms with Crippen LogP contribution in [0.3, 0.4) is 0 Å². The lowest BCUT2D eigenvalue weighted by Gasteiger charge is -2.58. The number of phenols is 2. The highest BCUT2D eigenvalue weighted by Crippen LogP contribution is 2.60. The number of fused-ring (bicyclic) bond motifs is 1. The van der Waals surface area contributed by atoms with Gasteiger partial charge in [0.2, 0.25) is 0 Å². The normalized spacial score (nSPS) is 31.8. The highest BCUT2D eigenvalue weighted by Gasteiger charge is 2.59. The second-order valence-electron chi connectivity index (χ2n) is 8.28. The minimum atomic E-state index is -0.543. The number of benzene rings is 1. The Kier molecular flexibility index (Phi) is 4.88. The van der Waals surface area contributed by atoms with E-state index in [9.17, 15) is 15.0 Å². The summed E-state index contributed by atoms with van der Waals surface area (Å²) in [5.74, 6) is 0.0327. The monoisotopic (exact) mass is 387 g/mol. The quantitative estimate of drug-likeness (QED) is 0.597. The van der Waals surface area contributed by atoms with Gasteiger partial charge in [-0.15, -0.1) is 0 Å². The first kappa shape index (κ1) is 19.3. The fourth-order valence-electron chi connectivity index (χ4n) is 5.45. The Bertz CT molecular complexity index is 819. The lowest BCUT2D eigenvalue weighted by molar-refractivity contribution is -0.126. The summed E-state index contributed by atoms with van der Waals surface area (Å²) >= 11 is 0. The summed E-state index contributed by atoms with van der Waals surface area (Å²) < 4.78 is 11.7. The Morgan fingerprint density at radius 2 is 2.11 bits per heavy atom. The Morgan fingerprint density at radius 3 is 2.82 bits per heavy atom. The predicted octanol–water partition coefficient (Wildman–Crippen LogP) is 3.03. The van der Waals surface area contributed by atoms with E-state index in [4.69, 9.17) is 9.47 Å². The van der Waals surface area contributed by atoms with Crippen LogP contribution in [0, 0.1) is 5.92 Å². The third kappa shape index (κ3) is 2.65. The lowest BCUT2D eigenvalue weighted by atomic mass is 9.52. The molecule has 1 aromatic rings. The van der Waals surface area contributed by atoms with Crippen LogP contribution in [0.4, 0.5) is 0 Å². The number of ether oxygens (including phenoxy) is 2. The number of nitrogens with zero attached hydrogens (tertiary/aromatic N) is 1. The number of methoxy groups -OCH3 is 1. The van der Waals surface area contributed by atoms with Crippen molar-refractivity contribution < 1.29 is 24.5 Å². The van der Waals surface area contributed by atoms with Crippen LogP contribution in [0.2, 0.25) is 0 Å². The maximum Gasteiger partial charge on any atom is 0.197 e. The number of hydrogen-bond donors (Lipinski definition) is 2. The molecule has 1 aliphatic heterocycles. The molecule has 1 saturated heterocycles. The van der Waals surface area contributed by atoms with Crippen molar-refractivity contribution in [1.82, 2.24) is 4.90 Å². The average molecular weight is 387 g/mol. The molecule has 0 spiro atoms. The molecule has 2 bridgehead atoms. The second-order valence-corrected chi connectivity index (χ2v) is 8.28. The number of likely N-dealkylation sites (N-methyl/N-ethyl adjacent to an activating group) is 1. The van der Waals surface area contributed by atoms with Gasteiger partial charge in [-0.25, -0.2) is 0 Å². The van der Waals surface area contributed by atoms with Crippen molar-refractivity contribution in [1.29, 1.82) is 0 Å². The van der Waals surface area contributed by atoms with Crippen molar-refractivity contribution in [2.75, 3.05) is 27.3 Å². The predicted molar refractivity (Wildman–Crippen MR) is 104 cm³/mol.